The summed E-state index contributed by atoms with van der Waals surface area (Å²) in [5, 5.41) is 0. The standard InChI is InChI=1S/C22H22/c1-3-9-17(10-4-1)20-15-19-13-7-8-14-21(19)22(16-20)18-11-5-2-6-12-18/h1-6,9-12,16,20H,7-8,13-15H2. The number of allylic oxidation sites excluding steroid dienone is 4. The van der Waals surface area contributed by atoms with Crippen LogP contribution in [0.4, 0.5) is 0 Å². The van der Waals surface area contributed by atoms with E-state index in [1.165, 1.54) is 48.8 Å². The molecule has 0 fully saturated rings. The Bertz CT molecular complexity index is 704. The average Bonchev–Trinajstić information content (AvgIpc) is 2.62. The van der Waals surface area contributed by atoms with E-state index in [0.29, 0.717) is 5.92 Å². The third-order valence-electron chi connectivity index (χ3n) is 5.05. The lowest BCUT2D eigenvalue weighted by molar-refractivity contribution is 0.634. The highest BCUT2D eigenvalue weighted by molar-refractivity contribution is 5.82. The van der Waals surface area contributed by atoms with Crippen LogP contribution in [-0.4, -0.2) is 0 Å². The summed E-state index contributed by atoms with van der Waals surface area (Å²) in [5.41, 5.74) is 7.69. The number of hydrogen-bond donors (Lipinski definition) is 0. The van der Waals surface area contributed by atoms with Gasteiger partial charge in [-0.3, -0.25) is 0 Å². The normalized spacial score (nSPS) is 21.3. The van der Waals surface area contributed by atoms with Gasteiger partial charge in [0.15, 0.2) is 0 Å². The highest BCUT2D eigenvalue weighted by atomic mass is 14.3. The van der Waals surface area contributed by atoms with E-state index in [0.717, 1.165) is 0 Å². The Morgan fingerprint density at radius 1 is 0.727 bits per heavy atom. The molecule has 110 valence electrons. The van der Waals surface area contributed by atoms with Crippen LogP contribution in [0.3, 0.4) is 0 Å². The second-order valence-electron chi connectivity index (χ2n) is 6.46. The fraction of sp³-hybridized carbons (Fsp3) is 0.273. The summed E-state index contributed by atoms with van der Waals surface area (Å²) in [7, 11) is 0. The first-order valence-electron chi connectivity index (χ1n) is 8.45. The predicted octanol–water partition coefficient (Wildman–Crippen LogP) is 6.13. The summed E-state index contributed by atoms with van der Waals surface area (Å²) < 4.78 is 0. The first kappa shape index (κ1) is 13.6. The lowest BCUT2D eigenvalue weighted by Gasteiger charge is -2.31. The van der Waals surface area contributed by atoms with Gasteiger partial charge in [0, 0.05) is 5.92 Å². The number of benzene rings is 2. The molecule has 0 saturated carbocycles. The predicted molar refractivity (Wildman–Crippen MR) is 93.7 cm³/mol. The smallest absolute Gasteiger partial charge is 0.00646 e. The topological polar surface area (TPSA) is 0 Å². The zero-order valence-electron chi connectivity index (χ0n) is 13.0. The molecule has 2 aromatic rings. The molecule has 1 unspecified atom stereocenters. The maximum absolute atomic E-state index is 2.52. The van der Waals surface area contributed by atoms with E-state index >= 15 is 0 Å². The zero-order valence-corrected chi connectivity index (χ0v) is 13.0. The van der Waals surface area contributed by atoms with E-state index in [1.54, 1.807) is 11.1 Å². The molecule has 22 heavy (non-hydrogen) atoms. The maximum atomic E-state index is 2.52. The second kappa shape index (κ2) is 5.96. The van der Waals surface area contributed by atoms with Crippen LogP contribution in [0.5, 0.6) is 0 Å². The quantitative estimate of drug-likeness (QED) is 0.623. The van der Waals surface area contributed by atoms with Crippen LogP contribution >= 0.6 is 0 Å². The van der Waals surface area contributed by atoms with E-state index in [1.807, 2.05) is 0 Å². The minimum Gasteiger partial charge on any atom is -0.0685 e. The van der Waals surface area contributed by atoms with Crippen molar-refractivity contribution in [1.29, 1.82) is 0 Å². The first-order valence-corrected chi connectivity index (χ1v) is 8.45. The first-order chi connectivity index (χ1) is 10.9. The van der Waals surface area contributed by atoms with Crippen LogP contribution in [-0.2, 0) is 0 Å². The summed E-state index contributed by atoms with van der Waals surface area (Å²) in [6.07, 6.45) is 9.01. The number of hydrogen-bond acceptors (Lipinski definition) is 0. The summed E-state index contributed by atoms with van der Waals surface area (Å²) in [4.78, 5) is 0. The van der Waals surface area contributed by atoms with Crippen LogP contribution < -0.4 is 0 Å². The van der Waals surface area contributed by atoms with Crippen molar-refractivity contribution in [3.8, 4) is 0 Å². The molecule has 0 spiro atoms. The van der Waals surface area contributed by atoms with Gasteiger partial charge < -0.3 is 0 Å². The molecule has 0 radical (unpaired) electrons. The molecule has 0 aromatic heterocycles. The van der Waals surface area contributed by atoms with Crippen LogP contribution in [0.25, 0.3) is 5.57 Å². The molecule has 4 rings (SSSR count). The Labute approximate surface area is 133 Å². The molecule has 0 aliphatic heterocycles. The van der Waals surface area contributed by atoms with Crippen molar-refractivity contribution in [2.75, 3.05) is 0 Å². The van der Waals surface area contributed by atoms with Crippen molar-refractivity contribution in [1.82, 2.24) is 0 Å². The molecule has 0 N–H and O–H groups in total. The molecule has 0 amide bonds. The van der Waals surface area contributed by atoms with Crippen molar-refractivity contribution >= 4 is 5.57 Å². The van der Waals surface area contributed by atoms with Gasteiger partial charge in [-0.2, -0.15) is 0 Å². The fourth-order valence-electron chi connectivity index (χ4n) is 3.95. The lowest BCUT2D eigenvalue weighted by Crippen LogP contribution is -2.11. The number of rotatable bonds is 2. The van der Waals surface area contributed by atoms with Gasteiger partial charge >= 0.3 is 0 Å². The van der Waals surface area contributed by atoms with Gasteiger partial charge in [0.2, 0.25) is 0 Å². The summed E-state index contributed by atoms with van der Waals surface area (Å²) in [6.45, 7) is 0. The minimum atomic E-state index is 0.535. The molecule has 0 saturated heterocycles. The van der Waals surface area contributed by atoms with Crippen molar-refractivity contribution in [2.45, 2.75) is 38.0 Å². The Kier molecular flexibility index (Phi) is 3.68. The van der Waals surface area contributed by atoms with Crippen molar-refractivity contribution in [3.63, 3.8) is 0 Å². The fourth-order valence-corrected chi connectivity index (χ4v) is 3.95. The summed E-state index contributed by atoms with van der Waals surface area (Å²) >= 11 is 0. The third kappa shape index (κ3) is 2.54. The van der Waals surface area contributed by atoms with Gasteiger partial charge in [-0.25, -0.2) is 0 Å². The molecule has 2 aliphatic carbocycles. The Hall–Kier alpha value is -2.08. The zero-order chi connectivity index (χ0) is 14.8. The highest BCUT2D eigenvalue weighted by Crippen LogP contribution is 2.44. The van der Waals surface area contributed by atoms with E-state index in [-0.39, 0.29) is 0 Å². The molecule has 0 heteroatoms. The van der Waals surface area contributed by atoms with Gasteiger partial charge in [0.05, 0.1) is 0 Å². The molecule has 2 aromatic carbocycles. The van der Waals surface area contributed by atoms with Gasteiger partial charge in [-0.05, 0) is 54.4 Å². The van der Waals surface area contributed by atoms with Crippen LogP contribution in [0.15, 0.2) is 77.9 Å². The van der Waals surface area contributed by atoms with Crippen molar-refractivity contribution in [2.24, 2.45) is 0 Å². The minimum absolute atomic E-state index is 0.535. The third-order valence-corrected chi connectivity index (χ3v) is 5.05. The molecule has 2 aliphatic rings. The summed E-state index contributed by atoms with van der Waals surface area (Å²) in [5.74, 6) is 0.535. The molecular weight excluding hydrogens is 264 g/mol. The van der Waals surface area contributed by atoms with E-state index in [9.17, 15) is 0 Å². The van der Waals surface area contributed by atoms with E-state index in [4.69, 9.17) is 0 Å². The van der Waals surface area contributed by atoms with Gasteiger partial charge in [0.25, 0.3) is 0 Å². The second-order valence-corrected chi connectivity index (χ2v) is 6.46. The monoisotopic (exact) mass is 286 g/mol. The van der Waals surface area contributed by atoms with E-state index < -0.39 is 0 Å². The Balaban J connectivity index is 1.79. The molecule has 0 bridgehead atoms. The van der Waals surface area contributed by atoms with Crippen LogP contribution in [0.2, 0.25) is 0 Å². The van der Waals surface area contributed by atoms with Gasteiger partial charge in [-0.1, -0.05) is 72.3 Å². The molecule has 0 nitrogen and oxygen atoms in total. The summed E-state index contributed by atoms with van der Waals surface area (Å²) in [6, 6.07) is 21.9. The Morgan fingerprint density at radius 2 is 1.41 bits per heavy atom. The van der Waals surface area contributed by atoms with Crippen molar-refractivity contribution in [3.05, 3.63) is 89.0 Å². The highest BCUT2D eigenvalue weighted by Gasteiger charge is 2.25. The lowest BCUT2D eigenvalue weighted by atomic mass is 9.74. The molecule has 0 heterocycles. The molecule has 1 atom stereocenters. The SMILES string of the molecule is C1=C(c2ccccc2)C2=C(CCCC2)CC1c1ccccc1. The van der Waals surface area contributed by atoms with Crippen LogP contribution in [0, 0.1) is 0 Å². The van der Waals surface area contributed by atoms with Gasteiger partial charge in [0.1, 0.15) is 0 Å². The maximum Gasteiger partial charge on any atom is 0.00646 e. The van der Waals surface area contributed by atoms with E-state index in [2.05, 4.69) is 66.7 Å². The average molecular weight is 286 g/mol. The van der Waals surface area contributed by atoms with Gasteiger partial charge in [-0.15, -0.1) is 0 Å². The Morgan fingerprint density at radius 3 is 2.18 bits per heavy atom. The van der Waals surface area contributed by atoms with Crippen molar-refractivity contribution < 1.29 is 0 Å². The van der Waals surface area contributed by atoms with Crippen LogP contribution in [0.1, 0.15) is 49.1 Å². The largest absolute Gasteiger partial charge is 0.0685 e. The molecular formula is C22H22.